The molecule has 15 heavy (non-hydrogen) atoms. The number of aromatic nitrogens is 3. The van der Waals surface area contributed by atoms with E-state index >= 15 is 0 Å². The van der Waals surface area contributed by atoms with Crippen molar-refractivity contribution in [2.45, 2.75) is 38.6 Å². The Kier molecular flexibility index (Phi) is 3.59. The van der Waals surface area contributed by atoms with E-state index in [1.54, 1.807) is 0 Å². The molecular formula is C10H16ClN3O. The van der Waals surface area contributed by atoms with Gasteiger partial charge in [-0.1, -0.05) is 6.92 Å². The molecule has 0 saturated carbocycles. The lowest BCUT2D eigenvalue weighted by atomic mass is 10.1. The van der Waals surface area contributed by atoms with Gasteiger partial charge in [0.1, 0.15) is 5.82 Å². The van der Waals surface area contributed by atoms with Crippen LogP contribution in [0.25, 0.3) is 0 Å². The first kappa shape index (κ1) is 10.9. The molecule has 2 rings (SSSR count). The maximum atomic E-state index is 6.06. The van der Waals surface area contributed by atoms with Crippen molar-refractivity contribution in [3.8, 4) is 0 Å². The van der Waals surface area contributed by atoms with Crippen molar-refractivity contribution in [1.29, 1.82) is 0 Å². The molecule has 0 unspecified atom stereocenters. The number of aryl methyl sites for hydroxylation is 1. The van der Waals surface area contributed by atoms with Crippen molar-refractivity contribution >= 4 is 11.6 Å². The number of hydrogen-bond donors (Lipinski definition) is 0. The molecule has 0 N–H and O–H groups in total. The number of hydrogen-bond acceptors (Lipinski definition) is 3. The van der Waals surface area contributed by atoms with Gasteiger partial charge in [0.2, 0.25) is 5.28 Å². The molecule has 1 aliphatic heterocycles. The third-order valence-corrected chi connectivity index (χ3v) is 3.01. The average molecular weight is 230 g/mol. The van der Waals surface area contributed by atoms with Crippen LogP contribution in [0.4, 0.5) is 0 Å². The topological polar surface area (TPSA) is 39.9 Å². The van der Waals surface area contributed by atoms with Gasteiger partial charge in [0.15, 0.2) is 0 Å². The summed E-state index contributed by atoms with van der Waals surface area (Å²) in [6.07, 6.45) is 4.03. The Morgan fingerprint density at radius 2 is 2.13 bits per heavy atom. The molecule has 1 aromatic heterocycles. The molecule has 0 atom stereocenters. The van der Waals surface area contributed by atoms with Crippen molar-refractivity contribution in [1.82, 2.24) is 14.8 Å². The summed E-state index contributed by atoms with van der Waals surface area (Å²) in [4.78, 5) is 0. The molecule has 5 heteroatoms. The zero-order valence-corrected chi connectivity index (χ0v) is 9.70. The zero-order chi connectivity index (χ0) is 10.7. The van der Waals surface area contributed by atoms with Crippen LogP contribution in [0.1, 0.15) is 38.1 Å². The molecule has 0 radical (unpaired) electrons. The van der Waals surface area contributed by atoms with Gasteiger partial charge in [-0.3, -0.25) is 4.57 Å². The molecule has 1 saturated heterocycles. The molecule has 1 fully saturated rings. The van der Waals surface area contributed by atoms with Gasteiger partial charge in [-0.25, -0.2) is 0 Å². The first-order valence-corrected chi connectivity index (χ1v) is 5.87. The van der Waals surface area contributed by atoms with Gasteiger partial charge in [0.05, 0.1) is 0 Å². The Morgan fingerprint density at radius 3 is 2.80 bits per heavy atom. The van der Waals surface area contributed by atoms with Crippen LogP contribution in [0.3, 0.4) is 0 Å². The summed E-state index contributed by atoms with van der Waals surface area (Å²) in [5.74, 6) is 1.01. The number of rotatable bonds is 3. The molecule has 84 valence electrons. The number of ether oxygens (including phenoxy) is 1. The van der Waals surface area contributed by atoms with Crippen LogP contribution in [0.5, 0.6) is 0 Å². The van der Waals surface area contributed by atoms with Gasteiger partial charge in [-0.15, -0.1) is 10.2 Å². The molecule has 0 aliphatic carbocycles. The third kappa shape index (κ3) is 2.32. The SMILES string of the molecule is CCCc1nnc(Cl)n1C1CCOCC1. The summed E-state index contributed by atoms with van der Waals surface area (Å²) in [5.41, 5.74) is 0. The van der Waals surface area contributed by atoms with Gasteiger partial charge in [-0.2, -0.15) is 0 Å². The van der Waals surface area contributed by atoms with E-state index in [4.69, 9.17) is 16.3 Å². The van der Waals surface area contributed by atoms with E-state index < -0.39 is 0 Å². The Morgan fingerprint density at radius 1 is 1.40 bits per heavy atom. The number of halogens is 1. The van der Waals surface area contributed by atoms with Gasteiger partial charge in [-0.05, 0) is 30.9 Å². The Hall–Kier alpha value is -0.610. The lowest BCUT2D eigenvalue weighted by Gasteiger charge is -2.24. The van der Waals surface area contributed by atoms with Crippen molar-refractivity contribution in [3.05, 3.63) is 11.1 Å². The minimum absolute atomic E-state index is 0.419. The predicted molar refractivity (Wildman–Crippen MR) is 58.1 cm³/mol. The van der Waals surface area contributed by atoms with Gasteiger partial charge < -0.3 is 4.74 Å². The van der Waals surface area contributed by atoms with E-state index in [0.29, 0.717) is 11.3 Å². The predicted octanol–water partition coefficient (Wildman–Crippen LogP) is 2.24. The van der Waals surface area contributed by atoms with E-state index in [1.165, 1.54) is 0 Å². The standard InChI is InChI=1S/C10H16ClN3O/c1-2-3-9-12-13-10(11)14(9)8-4-6-15-7-5-8/h8H,2-7H2,1H3. The third-order valence-electron chi connectivity index (χ3n) is 2.75. The molecule has 4 nitrogen and oxygen atoms in total. The lowest BCUT2D eigenvalue weighted by Crippen LogP contribution is -2.21. The molecule has 0 spiro atoms. The van der Waals surface area contributed by atoms with Crippen LogP contribution in [-0.2, 0) is 11.2 Å². The Balaban J connectivity index is 2.19. The molecule has 2 heterocycles. The minimum Gasteiger partial charge on any atom is -0.381 e. The molecule has 0 amide bonds. The van der Waals surface area contributed by atoms with Crippen LogP contribution in [0.2, 0.25) is 5.28 Å². The van der Waals surface area contributed by atoms with Gasteiger partial charge in [0, 0.05) is 25.7 Å². The van der Waals surface area contributed by atoms with Crippen LogP contribution in [0.15, 0.2) is 0 Å². The normalized spacial score (nSPS) is 18.3. The fourth-order valence-corrected chi connectivity index (χ4v) is 2.27. The van der Waals surface area contributed by atoms with E-state index in [0.717, 1.165) is 44.7 Å². The van der Waals surface area contributed by atoms with E-state index in [2.05, 4.69) is 21.7 Å². The van der Waals surface area contributed by atoms with Crippen LogP contribution >= 0.6 is 11.6 Å². The largest absolute Gasteiger partial charge is 0.381 e. The van der Waals surface area contributed by atoms with Crippen molar-refractivity contribution in [3.63, 3.8) is 0 Å². The summed E-state index contributed by atoms with van der Waals surface area (Å²) >= 11 is 6.06. The molecular weight excluding hydrogens is 214 g/mol. The van der Waals surface area contributed by atoms with Crippen molar-refractivity contribution < 1.29 is 4.74 Å². The monoisotopic (exact) mass is 229 g/mol. The first-order valence-electron chi connectivity index (χ1n) is 5.50. The van der Waals surface area contributed by atoms with Crippen molar-refractivity contribution in [2.75, 3.05) is 13.2 Å². The summed E-state index contributed by atoms with van der Waals surface area (Å²) in [6, 6.07) is 0.419. The second-order valence-electron chi connectivity index (χ2n) is 3.85. The highest BCUT2D eigenvalue weighted by atomic mass is 35.5. The molecule has 1 aliphatic rings. The summed E-state index contributed by atoms with van der Waals surface area (Å²) in [6.45, 7) is 3.76. The fraction of sp³-hybridized carbons (Fsp3) is 0.800. The highest BCUT2D eigenvalue weighted by Crippen LogP contribution is 2.25. The smallest absolute Gasteiger partial charge is 0.225 e. The maximum Gasteiger partial charge on any atom is 0.225 e. The van der Waals surface area contributed by atoms with E-state index in [9.17, 15) is 0 Å². The quantitative estimate of drug-likeness (QED) is 0.798. The number of nitrogens with zero attached hydrogens (tertiary/aromatic N) is 3. The molecule has 1 aromatic rings. The second-order valence-corrected chi connectivity index (χ2v) is 4.19. The lowest BCUT2D eigenvalue weighted by molar-refractivity contribution is 0.0688. The summed E-state index contributed by atoms with van der Waals surface area (Å²) in [7, 11) is 0. The minimum atomic E-state index is 0.419. The van der Waals surface area contributed by atoms with Crippen molar-refractivity contribution in [2.24, 2.45) is 0 Å². The van der Waals surface area contributed by atoms with E-state index in [-0.39, 0.29) is 0 Å². The van der Waals surface area contributed by atoms with Gasteiger partial charge >= 0.3 is 0 Å². The summed E-state index contributed by atoms with van der Waals surface area (Å²) in [5, 5.41) is 8.59. The summed E-state index contributed by atoms with van der Waals surface area (Å²) < 4.78 is 7.42. The second kappa shape index (κ2) is 4.94. The van der Waals surface area contributed by atoms with E-state index in [1.807, 2.05) is 0 Å². The molecule has 0 bridgehead atoms. The van der Waals surface area contributed by atoms with Crippen LogP contribution in [0, 0.1) is 0 Å². The molecule has 0 aromatic carbocycles. The highest BCUT2D eigenvalue weighted by molar-refractivity contribution is 6.28. The van der Waals surface area contributed by atoms with Crippen LogP contribution < -0.4 is 0 Å². The first-order chi connectivity index (χ1) is 7.33. The Bertz CT molecular complexity index is 320. The average Bonchev–Trinajstić information content (AvgIpc) is 2.62. The fourth-order valence-electron chi connectivity index (χ4n) is 2.00. The maximum absolute atomic E-state index is 6.06. The zero-order valence-electron chi connectivity index (χ0n) is 8.95. The highest BCUT2D eigenvalue weighted by Gasteiger charge is 2.21. The Labute approximate surface area is 94.6 Å². The van der Waals surface area contributed by atoms with Crippen LogP contribution in [-0.4, -0.2) is 28.0 Å². The van der Waals surface area contributed by atoms with Gasteiger partial charge in [0.25, 0.3) is 0 Å².